The first-order valence-electron chi connectivity index (χ1n) is 23.8. The van der Waals surface area contributed by atoms with Gasteiger partial charge in [0.1, 0.15) is 0 Å². The van der Waals surface area contributed by atoms with E-state index < -0.39 is 0 Å². The van der Waals surface area contributed by atoms with Crippen LogP contribution < -0.4 is 14.7 Å². The summed E-state index contributed by atoms with van der Waals surface area (Å²) in [4.78, 5) is 7.69. The Morgan fingerprint density at radius 1 is 0.415 bits per heavy atom. The van der Waals surface area contributed by atoms with E-state index >= 15 is 0 Å². The first-order chi connectivity index (χ1) is 31.4. The van der Waals surface area contributed by atoms with Crippen LogP contribution in [0.2, 0.25) is 0 Å². The number of fused-ring (bicyclic) bond motifs is 5. The fourth-order valence-corrected chi connectivity index (χ4v) is 10.9. The topological polar surface area (TPSA) is 9.72 Å². The molecule has 0 amide bonds. The maximum Gasteiger partial charge on any atom is 0.196 e. The Labute approximate surface area is 388 Å². The van der Waals surface area contributed by atoms with Gasteiger partial charge in [-0.3, -0.25) is 0 Å². The van der Waals surface area contributed by atoms with Gasteiger partial charge in [-0.05, 0) is 116 Å². The number of benzene rings is 8. The van der Waals surface area contributed by atoms with Crippen LogP contribution in [0.1, 0.15) is 132 Å². The maximum absolute atomic E-state index is 2.61. The number of para-hydroxylation sites is 4. The van der Waals surface area contributed by atoms with Crippen LogP contribution in [0.15, 0.2) is 170 Å². The van der Waals surface area contributed by atoms with E-state index in [-0.39, 0.29) is 5.41 Å². The number of rotatable bonds is 10. The van der Waals surface area contributed by atoms with Crippen LogP contribution in [0.5, 0.6) is 0 Å². The molecule has 1 aliphatic heterocycles. The Balaban J connectivity index is 1.21. The molecular formula is C62H62N3. The van der Waals surface area contributed by atoms with Crippen molar-refractivity contribution >= 4 is 50.6 Å². The quantitative estimate of drug-likeness (QED) is 0.136. The zero-order valence-corrected chi connectivity index (χ0v) is 39.8. The predicted molar refractivity (Wildman–Crippen MR) is 278 cm³/mol. The smallest absolute Gasteiger partial charge is 0.196 e. The van der Waals surface area contributed by atoms with Gasteiger partial charge in [-0.1, -0.05) is 197 Å². The van der Waals surface area contributed by atoms with Crippen molar-refractivity contribution in [1.82, 2.24) is 0 Å². The summed E-state index contributed by atoms with van der Waals surface area (Å²) in [7, 11) is 0. The summed E-state index contributed by atoms with van der Waals surface area (Å²) in [6.07, 6.45) is 1.16. The number of nitrogens with zero attached hydrogens (tertiary/aromatic N) is 3. The van der Waals surface area contributed by atoms with Crippen molar-refractivity contribution in [1.29, 1.82) is 0 Å². The molecule has 325 valence electrons. The van der Waals surface area contributed by atoms with Gasteiger partial charge in [-0.25, -0.2) is 0 Å². The predicted octanol–water partition coefficient (Wildman–Crippen LogP) is 17.9. The van der Waals surface area contributed by atoms with Crippen LogP contribution in [0, 0.1) is 6.17 Å². The van der Waals surface area contributed by atoms with Crippen molar-refractivity contribution in [2.45, 2.75) is 98.3 Å². The molecule has 10 rings (SSSR count). The standard InChI is InChI=1S/C62H62N3/c1-39(2)47-24-18-25-48(40(3)4)59(47)64-57-29-15-16-30-58(57)65(60-49(41(5)6)26-19-27-50(60)42(7)8)61(64)44-32-34-45(35-33-44)63(56-31-17-21-43-20-11-12-22-51(43)56)46-36-37-55-53(38-46)52-23-13-14-28-54(52)62(55,9)10/h11-42H,1-10H3. The van der Waals surface area contributed by atoms with E-state index in [0.717, 1.165) is 28.8 Å². The number of anilines is 7. The lowest BCUT2D eigenvalue weighted by atomic mass is 9.82. The Morgan fingerprint density at radius 2 is 0.877 bits per heavy atom. The summed E-state index contributed by atoms with van der Waals surface area (Å²) in [5.41, 5.74) is 20.3. The molecule has 2 aliphatic rings. The molecule has 0 fully saturated rings. The number of hydrogen-bond donors (Lipinski definition) is 0. The second-order valence-electron chi connectivity index (χ2n) is 20.0. The van der Waals surface area contributed by atoms with Gasteiger partial charge in [0.05, 0.1) is 28.4 Å². The van der Waals surface area contributed by atoms with Crippen molar-refractivity contribution in [2.75, 3.05) is 14.7 Å². The fraction of sp³-hybridized carbons (Fsp3) is 0.242. The lowest BCUT2D eigenvalue weighted by molar-refractivity contribution is 0.660. The van der Waals surface area contributed by atoms with E-state index in [0.29, 0.717) is 23.7 Å². The largest absolute Gasteiger partial charge is 0.310 e. The van der Waals surface area contributed by atoms with Gasteiger partial charge in [-0.2, -0.15) is 0 Å². The van der Waals surface area contributed by atoms with Crippen LogP contribution in [-0.2, 0) is 5.41 Å². The Morgan fingerprint density at radius 3 is 1.45 bits per heavy atom. The minimum absolute atomic E-state index is 0.0720. The third kappa shape index (κ3) is 6.94. The van der Waals surface area contributed by atoms with Crippen molar-refractivity contribution in [3.05, 3.63) is 215 Å². The molecule has 0 saturated heterocycles. The first kappa shape index (κ1) is 42.4. The lowest BCUT2D eigenvalue weighted by Gasteiger charge is -2.38. The molecule has 1 radical (unpaired) electrons. The highest BCUT2D eigenvalue weighted by Crippen LogP contribution is 2.58. The summed E-state index contributed by atoms with van der Waals surface area (Å²) in [5.74, 6) is 1.28. The Kier molecular flexibility index (Phi) is 10.7. The van der Waals surface area contributed by atoms with Gasteiger partial charge in [0.25, 0.3) is 0 Å². The van der Waals surface area contributed by atoms with Gasteiger partial charge in [-0.15, -0.1) is 0 Å². The van der Waals surface area contributed by atoms with Crippen LogP contribution in [-0.4, -0.2) is 0 Å². The first-order valence-corrected chi connectivity index (χ1v) is 23.8. The summed E-state index contributed by atoms with van der Waals surface area (Å²) < 4.78 is 0. The molecule has 1 aliphatic carbocycles. The molecule has 0 atom stereocenters. The van der Waals surface area contributed by atoms with Crippen molar-refractivity contribution in [3.8, 4) is 11.1 Å². The molecular weight excluding hydrogens is 787 g/mol. The van der Waals surface area contributed by atoms with Crippen LogP contribution in [0.25, 0.3) is 21.9 Å². The second-order valence-corrected chi connectivity index (χ2v) is 20.0. The van der Waals surface area contributed by atoms with E-state index in [4.69, 9.17) is 0 Å². The Hall–Kier alpha value is -6.58. The summed E-state index contributed by atoms with van der Waals surface area (Å²) >= 11 is 0. The van der Waals surface area contributed by atoms with Gasteiger partial charge in [0.15, 0.2) is 6.17 Å². The molecule has 1 heterocycles. The molecule has 0 bridgehead atoms. The third-order valence-corrected chi connectivity index (χ3v) is 14.1. The SMILES string of the molecule is CC(C)c1cccc(C(C)C)c1N1[C](c2ccc(N(c3ccc4c(c3)-c3ccccc3C4(C)C)c3cccc4ccccc34)cc2)N(c2c(C(C)C)cccc2C(C)C)c2ccccc21. The van der Waals surface area contributed by atoms with Crippen LogP contribution in [0.4, 0.5) is 39.8 Å². The molecule has 8 aromatic carbocycles. The highest BCUT2D eigenvalue weighted by molar-refractivity contribution is 6.00. The molecule has 0 spiro atoms. The molecule has 3 heteroatoms. The van der Waals surface area contributed by atoms with E-state index in [9.17, 15) is 0 Å². The molecule has 8 aromatic rings. The van der Waals surface area contributed by atoms with Crippen molar-refractivity contribution in [2.24, 2.45) is 0 Å². The van der Waals surface area contributed by atoms with E-state index in [2.05, 4.69) is 254 Å². The van der Waals surface area contributed by atoms with Crippen molar-refractivity contribution in [3.63, 3.8) is 0 Å². The molecule has 3 nitrogen and oxygen atoms in total. The number of hydrogen-bond acceptors (Lipinski definition) is 3. The van der Waals surface area contributed by atoms with E-state index in [1.807, 2.05) is 0 Å². The van der Waals surface area contributed by atoms with Gasteiger partial charge in [0, 0.05) is 27.7 Å². The van der Waals surface area contributed by atoms with Gasteiger partial charge < -0.3 is 14.7 Å². The maximum atomic E-state index is 2.61. The summed E-state index contributed by atoms with van der Waals surface area (Å²) in [5, 5.41) is 2.44. The average molecular weight is 849 g/mol. The zero-order chi connectivity index (χ0) is 45.3. The zero-order valence-electron chi connectivity index (χ0n) is 39.8. The fourth-order valence-electron chi connectivity index (χ4n) is 10.9. The summed E-state index contributed by atoms with van der Waals surface area (Å²) in [6, 6.07) is 64.0. The van der Waals surface area contributed by atoms with E-state index in [1.54, 1.807) is 0 Å². The van der Waals surface area contributed by atoms with E-state index in [1.165, 1.54) is 78.0 Å². The lowest BCUT2D eigenvalue weighted by Crippen LogP contribution is -2.33. The molecule has 65 heavy (non-hydrogen) atoms. The Bertz CT molecular complexity index is 2910. The molecule has 0 unspecified atom stereocenters. The molecule has 0 saturated carbocycles. The van der Waals surface area contributed by atoms with Crippen LogP contribution >= 0.6 is 0 Å². The summed E-state index contributed by atoms with van der Waals surface area (Å²) in [6.45, 7) is 23.4. The minimum Gasteiger partial charge on any atom is -0.310 e. The monoisotopic (exact) mass is 848 g/mol. The normalized spacial score (nSPS) is 14.2. The molecule has 0 aromatic heterocycles. The van der Waals surface area contributed by atoms with Crippen LogP contribution in [0.3, 0.4) is 0 Å². The average Bonchev–Trinajstić information content (AvgIpc) is 3.77. The minimum atomic E-state index is -0.0720. The highest BCUT2D eigenvalue weighted by Gasteiger charge is 2.44. The second kappa shape index (κ2) is 16.4. The van der Waals surface area contributed by atoms with Gasteiger partial charge >= 0.3 is 0 Å². The van der Waals surface area contributed by atoms with Crippen molar-refractivity contribution < 1.29 is 0 Å². The molecule has 0 N–H and O–H groups in total. The van der Waals surface area contributed by atoms with Gasteiger partial charge in [0.2, 0.25) is 0 Å². The highest BCUT2D eigenvalue weighted by atomic mass is 15.4. The third-order valence-electron chi connectivity index (χ3n) is 14.1.